The molecule has 1 aromatic rings. The van der Waals surface area contributed by atoms with Crippen LogP contribution in [0.5, 0.6) is 0 Å². The van der Waals surface area contributed by atoms with E-state index >= 15 is 0 Å². The van der Waals surface area contributed by atoms with Crippen LogP contribution in [0.15, 0.2) is 22.7 Å². The van der Waals surface area contributed by atoms with Gasteiger partial charge in [0.25, 0.3) is 0 Å². The van der Waals surface area contributed by atoms with Crippen LogP contribution >= 0.6 is 15.9 Å². The summed E-state index contributed by atoms with van der Waals surface area (Å²) in [6, 6.07) is 7.73. The third kappa shape index (κ3) is 3.50. The molecule has 19 heavy (non-hydrogen) atoms. The highest BCUT2D eigenvalue weighted by Gasteiger charge is 2.28. The highest BCUT2D eigenvalue weighted by atomic mass is 79.9. The molecule has 0 amide bonds. The summed E-state index contributed by atoms with van der Waals surface area (Å²) < 4.78 is 1.19. The molecule has 0 spiro atoms. The van der Waals surface area contributed by atoms with Crippen molar-refractivity contribution in [3.8, 4) is 0 Å². The number of hydrogen-bond acceptors (Lipinski definition) is 3. The fraction of sp³-hybridized carbons (Fsp3) is 0.600. The van der Waals surface area contributed by atoms with Gasteiger partial charge in [-0.3, -0.25) is 0 Å². The van der Waals surface area contributed by atoms with E-state index in [9.17, 15) is 0 Å². The molecule has 0 aromatic heterocycles. The molecular weight excluding hydrogens is 302 g/mol. The Morgan fingerprint density at radius 1 is 1.37 bits per heavy atom. The van der Waals surface area contributed by atoms with Gasteiger partial charge in [-0.25, -0.2) is 0 Å². The van der Waals surface area contributed by atoms with Gasteiger partial charge in [-0.05, 0) is 45.6 Å². The second-order valence-corrected chi connectivity index (χ2v) is 6.62. The summed E-state index contributed by atoms with van der Waals surface area (Å²) in [4.78, 5) is 4.82. The minimum atomic E-state index is 0.522. The molecule has 2 rings (SSSR count). The number of benzene rings is 1. The lowest BCUT2D eigenvalue weighted by atomic mass is 10.1. The zero-order valence-corrected chi connectivity index (χ0v) is 13.9. The SMILES string of the molecule is Cc1ccc(N2C(C)CNCC2CN(C)C)cc1Br. The molecule has 0 radical (unpaired) electrons. The van der Waals surface area contributed by atoms with E-state index in [1.807, 2.05) is 0 Å². The second kappa shape index (κ2) is 6.25. The molecule has 0 saturated carbocycles. The summed E-state index contributed by atoms with van der Waals surface area (Å²) in [5, 5.41) is 3.54. The molecular formula is C15H24BrN3. The monoisotopic (exact) mass is 325 g/mol. The van der Waals surface area contributed by atoms with Gasteiger partial charge in [0.1, 0.15) is 0 Å². The lowest BCUT2D eigenvalue weighted by molar-refractivity contribution is 0.316. The van der Waals surface area contributed by atoms with Crippen molar-refractivity contribution in [2.24, 2.45) is 0 Å². The summed E-state index contributed by atoms with van der Waals surface area (Å²) in [5.74, 6) is 0. The first kappa shape index (κ1) is 14.8. The maximum atomic E-state index is 3.65. The van der Waals surface area contributed by atoms with Gasteiger partial charge in [0.05, 0.1) is 6.04 Å². The Hall–Kier alpha value is -0.580. The normalized spacial score (nSPS) is 24.0. The van der Waals surface area contributed by atoms with Crippen LogP contribution in [0.2, 0.25) is 0 Å². The van der Waals surface area contributed by atoms with Crippen molar-refractivity contribution in [3.05, 3.63) is 28.2 Å². The third-order valence-corrected chi connectivity index (χ3v) is 4.57. The van der Waals surface area contributed by atoms with E-state index < -0.39 is 0 Å². The molecule has 1 fully saturated rings. The standard InChI is InChI=1S/C15H24BrN3/c1-11-5-6-13(7-15(11)16)19-12(2)8-17-9-14(19)10-18(3)4/h5-7,12,14,17H,8-10H2,1-4H3. The molecule has 3 nitrogen and oxygen atoms in total. The van der Waals surface area contributed by atoms with E-state index in [1.54, 1.807) is 0 Å². The minimum absolute atomic E-state index is 0.522. The van der Waals surface area contributed by atoms with Gasteiger partial charge in [-0.1, -0.05) is 22.0 Å². The number of likely N-dealkylation sites (N-methyl/N-ethyl adjacent to an activating group) is 1. The van der Waals surface area contributed by atoms with Gasteiger partial charge in [-0.2, -0.15) is 0 Å². The number of hydrogen-bond donors (Lipinski definition) is 1. The molecule has 0 bridgehead atoms. The summed E-state index contributed by atoms with van der Waals surface area (Å²) >= 11 is 3.65. The number of anilines is 1. The van der Waals surface area contributed by atoms with Crippen molar-refractivity contribution in [1.82, 2.24) is 10.2 Å². The minimum Gasteiger partial charge on any atom is -0.362 e. The van der Waals surface area contributed by atoms with Crippen molar-refractivity contribution in [1.29, 1.82) is 0 Å². The quantitative estimate of drug-likeness (QED) is 0.921. The molecule has 1 aliphatic heterocycles. The van der Waals surface area contributed by atoms with Gasteiger partial charge < -0.3 is 15.1 Å². The maximum Gasteiger partial charge on any atom is 0.0544 e. The Bertz CT molecular complexity index is 433. The Balaban J connectivity index is 2.27. The highest BCUT2D eigenvalue weighted by molar-refractivity contribution is 9.10. The summed E-state index contributed by atoms with van der Waals surface area (Å²) in [5.41, 5.74) is 2.61. The molecule has 1 N–H and O–H groups in total. The van der Waals surface area contributed by atoms with Crippen LogP contribution in [-0.4, -0.2) is 50.7 Å². The van der Waals surface area contributed by atoms with Gasteiger partial charge in [0.15, 0.2) is 0 Å². The van der Waals surface area contributed by atoms with E-state index in [0.29, 0.717) is 12.1 Å². The molecule has 1 saturated heterocycles. The molecule has 2 unspecified atom stereocenters. The Morgan fingerprint density at radius 3 is 2.74 bits per heavy atom. The smallest absolute Gasteiger partial charge is 0.0544 e. The van der Waals surface area contributed by atoms with Gasteiger partial charge in [0, 0.05) is 35.8 Å². The number of rotatable bonds is 3. The first-order valence-corrected chi connectivity index (χ1v) is 7.68. The predicted octanol–water partition coefficient (Wildman–Crippen LogP) is 2.49. The van der Waals surface area contributed by atoms with Crippen molar-refractivity contribution < 1.29 is 0 Å². The zero-order valence-electron chi connectivity index (χ0n) is 12.3. The second-order valence-electron chi connectivity index (χ2n) is 5.76. The number of aryl methyl sites for hydroxylation is 1. The largest absolute Gasteiger partial charge is 0.362 e. The van der Waals surface area contributed by atoms with Crippen molar-refractivity contribution >= 4 is 21.6 Å². The summed E-state index contributed by atoms with van der Waals surface area (Å²) in [6.07, 6.45) is 0. The Labute approximate surface area is 125 Å². The van der Waals surface area contributed by atoms with E-state index in [-0.39, 0.29) is 0 Å². The molecule has 1 aromatic carbocycles. The Kier molecular flexibility index (Phi) is 4.87. The predicted molar refractivity (Wildman–Crippen MR) is 86.0 cm³/mol. The van der Waals surface area contributed by atoms with Crippen molar-refractivity contribution in [2.45, 2.75) is 25.9 Å². The maximum absolute atomic E-state index is 3.65. The van der Waals surface area contributed by atoms with Gasteiger partial charge in [-0.15, -0.1) is 0 Å². The summed E-state index contributed by atoms with van der Waals surface area (Å²) in [7, 11) is 4.28. The van der Waals surface area contributed by atoms with Gasteiger partial charge >= 0.3 is 0 Å². The van der Waals surface area contributed by atoms with E-state index in [4.69, 9.17) is 0 Å². The third-order valence-electron chi connectivity index (χ3n) is 3.72. The van der Waals surface area contributed by atoms with Crippen LogP contribution in [0.1, 0.15) is 12.5 Å². The first-order chi connectivity index (χ1) is 8.99. The van der Waals surface area contributed by atoms with Crippen LogP contribution in [0.25, 0.3) is 0 Å². The average Bonchev–Trinajstić information content (AvgIpc) is 2.32. The Morgan fingerprint density at radius 2 is 2.11 bits per heavy atom. The van der Waals surface area contributed by atoms with Crippen molar-refractivity contribution in [3.63, 3.8) is 0 Å². The van der Waals surface area contributed by atoms with Gasteiger partial charge in [0.2, 0.25) is 0 Å². The van der Waals surface area contributed by atoms with Crippen LogP contribution in [0, 0.1) is 6.92 Å². The van der Waals surface area contributed by atoms with E-state index in [0.717, 1.165) is 19.6 Å². The number of nitrogens with zero attached hydrogens (tertiary/aromatic N) is 2. The lowest BCUT2D eigenvalue weighted by Gasteiger charge is -2.44. The number of piperazine rings is 1. The van der Waals surface area contributed by atoms with Crippen LogP contribution < -0.4 is 10.2 Å². The zero-order chi connectivity index (χ0) is 14.0. The molecule has 1 heterocycles. The van der Waals surface area contributed by atoms with Crippen molar-refractivity contribution in [2.75, 3.05) is 38.6 Å². The fourth-order valence-electron chi connectivity index (χ4n) is 2.80. The number of nitrogens with one attached hydrogen (secondary N) is 1. The van der Waals surface area contributed by atoms with Crippen LogP contribution in [0.4, 0.5) is 5.69 Å². The molecule has 106 valence electrons. The molecule has 0 aliphatic carbocycles. The summed E-state index contributed by atoms with van der Waals surface area (Å²) in [6.45, 7) is 7.60. The highest BCUT2D eigenvalue weighted by Crippen LogP contribution is 2.27. The first-order valence-electron chi connectivity index (χ1n) is 6.89. The molecule has 4 heteroatoms. The average molecular weight is 326 g/mol. The van der Waals surface area contributed by atoms with E-state index in [1.165, 1.54) is 15.7 Å². The van der Waals surface area contributed by atoms with Crippen LogP contribution in [0.3, 0.4) is 0 Å². The van der Waals surface area contributed by atoms with E-state index in [2.05, 4.69) is 77.2 Å². The number of halogens is 1. The molecule has 2 atom stereocenters. The lowest BCUT2D eigenvalue weighted by Crippen LogP contribution is -2.59. The van der Waals surface area contributed by atoms with Crippen LogP contribution in [-0.2, 0) is 0 Å². The molecule has 1 aliphatic rings. The topological polar surface area (TPSA) is 18.5 Å². The fourth-order valence-corrected chi connectivity index (χ4v) is 3.16.